The van der Waals surface area contributed by atoms with Crippen molar-refractivity contribution in [2.24, 2.45) is 0 Å². The number of nitrogens with zero attached hydrogens (tertiary/aromatic N) is 1. The van der Waals surface area contributed by atoms with E-state index in [9.17, 15) is 13.2 Å². The highest BCUT2D eigenvalue weighted by Gasteiger charge is 2.34. The molecule has 3 nitrogen and oxygen atoms in total. The van der Waals surface area contributed by atoms with Crippen molar-refractivity contribution in [1.29, 1.82) is 0 Å². The fourth-order valence-electron chi connectivity index (χ4n) is 5.03. The first-order chi connectivity index (χ1) is 17.4. The fourth-order valence-corrected chi connectivity index (χ4v) is 5.03. The Kier molecular flexibility index (Phi) is 8.87. The van der Waals surface area contributed by atoms with Crippen LogP contribution in [0.2, 0.25) is 0 Å². The molecule has 0 aliphatic carbocycles. The summed E-state index contributed by atoms with van der Waals surface area (Å²) in [6, 6.07) is 18.3. The molecule has 1 aliphatic heterocycles. The van der Waals surface area contributed by atoms with Crippen molar-refractivity contribution in [3.8, 4) is 11.5 Å². The summed E-state index contributed by atoms with van der Waals surface area (Å²) in [5, 5.41) is 0. The molecule has 204 valence electrons. The van der Waals surface area contributed by atoms with Gasteiger partial charge in [-0.05, 0) is 53.3 Å². The van der Waals surface area contributed by atoms with E-state index in [0.717, 1.165) is 41.9 Å². The van der Waals surface area contributed by atoms with Crippen molar-refractivity contribution >= 4 is 5.71 Å². The summed E-state index contributed by atoms with van der Waals surface area (Å²) in [5.41, 5.74) is 6.11. The van der Waals surface area contributed by atoms with E-state index in [1.165, 1.54) is 16.7 Å². The third-order valence-corrected chi connectivity index (χ3v) is 7.22. The van der Waals surface area contributed by atoms with Crippen LogP contribution in [0, 0.1) is 0 Å². The molecule has 0 N–H and O–H groups in total. The predicted molar refractivity (Wildman–Crippen MR) is 141 cm³/mol. The topological polar surface area (TPSA) is 21.5 Å². The molecular formula is C31H35ClF3NO2. The minimum absolute atomic E-state index is 0. The largest absolute Gasteiger partial charge is 1.00 e. The Bertz CT molecular complexity index is 1290. The lowest BCUT2D eigenvalue weighted by molar-refractivity contribution is -0.546. The van der Waals surface area contributed by atoms with Gasteiger partial charge in [0.25, 0.3) is 0 Å². The van der Waals surface area contributed by atoms with Crippen LogP contribution >= 0.6 is 0 Å². The molecule has 3 aromatic carbocycles. The molecular weight excluding hydrogens is 511 g/mol. The molecule has 7 heteroatoms. The second kappa shape index (κ2) is 11.4. The highest BCUT2D eigenvalue weighted by atomic mass is 35.5. The molecule has 3 aromatic rings. The van der Waals surface area contributed by atoms with Crippen LogP contribution in [-0.4, -0.2) is 31.1 Å². The van der Waals surface area contributed by atoms with Gasteiger partial charge in [-0.2, -0.15) is 13.2 Å². The van der Waals surface area contributed by atoms with Crippen LogP contribution in [0.1, 0.15) is 67.0 Å². The quantitative estimate of drug-likeness (QED) is 0.429. The van der Waals surface area contributed by atoms with Gasteiger partial charge >= 0.3 is 6.18 Å². The Balaban J connectivity index is 0.00000400. The SMILES string of the molecule is COc1cc2c(cc1OC)C(C(C)c1ccc(C(C)(C)C)cc1)=[N+](Cc1ccc(C(F)(F)F)cc1)CC2.[Cl-]. The van der Waals surface area contributed by atoms with Gasteiger partial charge in [-0.15, -0.1) is 0 Å². The van der Waals surface area contributed by atoms with Gasteiger partial charge in [0.2, 0.25) is 0 Å². The van der Waals surface area contributed by atoms with Crippen LogP contribution in [0.25, 0.3) is 0 Å². The standard InChI is InChI=1S/C31H35F3NO2.ClH/c1-20(22-9-13-24(14-10-22)30(2,3)4)29-26-18-28(37-6)27(36-5)17-23(26)15-16-35(29)19-21-7-11-25(12-8-21)31(32,33)34;/h7-14,17-18,20H,15-16,19H2,1-6H3;1H/q+1;/p-1. The Hall–Kier alpha value is -2.99. The normalized spacial score (nSPS) is 14.4. The zero-order chi connectivity index (χ0) is 27.0. The molecule has 0 aromatic heterocycles. The van der Waals surface area contributed by atoms with Crippen molar-refractivity contribution in [3.63, 3.8) is 0 Å². The van der Waals surface area contributed by atoms with Gasteiger partial charge in [0.05, 0.1) is 25.7 Å². The number of alkyl halides is 3. The minimum atomic E-state index is -4.34. The maximum atomic E-state index is 13.1. The van der Waals surface area contributed by atoms with Crippen LogP contribution in [-0.2, 0) is 24.6 Å². The number of rotatable bonds is 6. The van der Waals surface area contributed by atoms with E-state index in [1.807, 2.05) is 12.1 Å². The molecule has 0 fully saturated rings. The van der Waals surface area contributed by atoms with Crippen molar-refractivity contribution in [2.45, 2.75) is 58.2 Å². The summed E-state index contributed by atoms with van der Waals surface area (Å²) in [7, 11) is 3.26. The van der Waals surface area contributed by atoms with Crippen LogP contribution in [0.5, 0.6) is 11.5 Å². The summed E-state index contributed by atoms with van der Waals surface area (Å²) in [5.74, 6) is 1.41. The van der Waals surface area contributed by atoms with Gasteiger partial charge < -0.3 is 21.9 Å². The number of hydrogen-bond acceptors (Lipinski definition) is 2. The highest BCUT2D eigenvalue weighted by molar-refractivity contribution is 6.03. The lowest BCUT2D eigenvalue weighted by atomic mass is 9.83. The first-order valence-electron chi connectivity index (χ1n) is 12.6. The lowest BCUT2D eigenvalue weighted by Gasteiger charge is -2.25. The molecule has 38 heavy (non-hydrogen) atoms. The van der Waals surface area contributed by atoms with E-state index in [4.69, 9.17) is 9.47 Å². The van der Waals surface area contributed by atoms with Gasteiger partial charge in [-0.3, -0.25) is 0 Å². The molecule has 0 radical (unpaired) electrons. The Morgan fingerprint density at radius 3 is 1.92 bits per heavy atom. The zero-order valence-corrected chi connectivity index (χ0v) is 23.5. The minimum Gasteiger partial charge on any atom is -1.00 e. The van der Waals surface area contributed by atoms with Gasteiger partial charge in [0.1, 0.15) is 6.54 Å². The highest BCUT2D eigenvalue weighted by Crippen LogP contribution is 2.36. The van der Waals surface area contributed by atoms with Crippen molar-refractivity contribution in [2.75, 3.05) is 20.8 Å². The van der Waals surface area contributed by atoms with Crippen LogP contribution in [0.15, 0.2) is 60.7 Å². The summed E-state index contributed by atoms with van der Waals surface area (Å²) in [4.78, 5) is 0. The summed E-state index contributed by atoms with van der Waals surface area (Å²) in [6.45, 7) is 10.1. The molecule has 1 unspecified atom stereocenters. The van der Waals surface area contributed by atoms with Gasteiger partial charge in [-0.25, -0.2) is 4.58 Å². The van der Waals surface area contributed by atoms with Crippen LogP contribution < -0.4 is 21.9 Å². The zero-order valence-electron chi connectivity index (χ0n) is 22.7. The maximum Gasteiger partial charge on any atom is 0.416 e. The average molecular weight is 546 g/mol. The van der Waals surface area contributed by atoms with Gasteiger partial charge in [-0.1, -0.05) is 57.2 Å². The first kappa shape index (κ1) is 29.6. The van der Waals surface area contributed by atoms with Crippen molar-refractivity contribution < 1.29 is 39.6 Å². The Morgan fingerprint density at radius 2 is 1.39 bits per heavy atom. The molecule has 1 aliphatic rings. The van der Waals surface area contributed by atoms with Crippen LogP contribution in [0.4, 0.5) is 13.2 Å². The summed E-state index contributed by atoms with van der Waals surface area (Å²) >= 11 is 0. The maximum absolute atomic E-state index is 13.1. The molecule has 1 heterocycles. The number of methoxy groups -OCH3 is 2. The third-order valence-electron chi connectivity index (χ3n) is 7.22. The van der Waals surface area contributed by atoms with E-state index in [2.05, 4.69) is 56.5 Å². The lowest BCUT2D eigenvalue weighted by Crippen LogP contribution is -3.00. The Labute approximate surface area is 229 Å². The number of hydrogen-bond donors (Lipinski definition) is 0. The fraction of sp³-hybridized carbons (Fsp3) is 0.387. The van der Waals surface area contributed by atoms with Crippen LogP contribution in [0.3, 0.4) is 0 Å². The number of ether oxygens (including phenoxy) is 2. The van der Waals surface area contributed by atoms with E-state index in [-0.39, 0.29) is 23.7 Å². The van der Waals surface area contributed by atoms with E-state index >= 15 is 0 Å². The monoisotopic (exact) mass is 545 g/mol. The summed E-state index contributed by atoms with van der Waals surface area (Å²) in [6.07, 6.45) is -3.54. The predicted octanol–water partition coefficient (Wildman–Crippen LogP) is 4.39. The number of fused-ring (bicyclic) bond motifs is 1. The smallest absolute Gasteiger partial charge is 0.416 e. The molecule has 0 bridgehead atoms. The van der Waals surface area contributed by atoms with Crippen molar-refractivity contribution in [1.82, 2.24) is 0 Å². The molecule has 0 amide bonds. The third kappa shape index (κ3) is 6.17. The van der Waals surface area contributed by atoms with E-state index in [1.54, 1.807) is 26.4 Å². The number of halogens is 4. The second-order valence-electron chi connectivity index (χ2n) is 10.7. The molecule has 0 saturated heterocycles. The Morgan fingerprint density at radius 1 is 0.842 bits per heavy atom. The van der Waals surface area contributed by atoms with Crippen molar-refractivity contribution in [3.05, 3.63) is 94.0 Å². The number of benzene rings is 3. The molecule has 1 atom stereocenters. The first-order valence-corrected chi connectivity index (χ1v) is 12.6. The van der Waals surface area contributed by atoms with E-state index in [0.29, 0.717) is 18.0 Å². The van der Waals surface area contributed by atoms with Gasteiger partial charge in [0.15, 0.2) is 23.8 Å². The molecule has 0 spiro atoms. The average Bonchev–Trinajstić information content (AvgIpc) is 2.86. The molecule has 0 saturated carbocycles. The second-order valence-corrected chi connectivity index (χ2v) is 10.7. The van der Waals surface area contributed by atoms with Gasteiger partial charge in [0, 0.05) is 17.5 Å². The molecule has 4 rings (SSSR count). The van der Waals surface area contributed by atoms with E-state index < -0.39 is 11.7 Å². The summed E-state index contributed by atoms with van der Waals surface area (Å²) < 4.78 is 52.8.